The summed E-state index contributed by atoms with van der Waals surface area (Å²) in [7, 11) is 0. The molecular weight excluding hydrogens is 300 g/mol. The molecule has 4 aliphatic rings. The molecule has 8 atom stereocenters. The minimum absolute atomic E-state index is 0.118. The van der Waals surface area contributed by atoms with Gasteiger partial charge in [-0.3, -0.25) is 9.59 Å². The first-order valence-electron chi connectivity index (χ1n) is 10.1. The van der Waals surface area contributed by atoms with Crippen LogP contribution < -0.4 is 0 Å². The minimum Gasteiger partial charge on any atom is -0.462 e. The third kappa shape index (κ3) is 2.45. The Morgan fingerprint density at radius 1 is 1.08 bits per heavy atom. The highest BCUT2D eigenvalue weighted by atomic mass is 16.5. The van der Waals surface area contributed by atoms with Gasteiger partial charge in [-0.05, 0) is 74.5 Å². The molecule has 3 nitrogen and oxygen atoms in total. The van der Waals surface area contributed by atoms with Crippen molar-refractivity contribution in [1.29, 1.82) is 0 Å². The van der Waals surface area contributed by atoms with Gasteiger partial charge >= 0.3 is 5.97 Å². The summed E-state index contributed by atoms with van der Waals surface area (Å²) in [5, 5.41) is 0. The van der Waals surface area contributed by atoms with E-state index in [1.807, 2.05) is 0 Å². The largest absolute Gasteiger partial charge is 0.462 e. The van der Waals surface area contributed by atoms with Crippen LogP contribution in [0.25, 0.3) is 0 Å². The normalized spacial score (nSPS) is 50.6. The van der Waals surface area contributed by atoms with Crippen molar-refractivity contribution in [2.75, 3.05) is 0 Å². The molecule has 0 aliphatic heterocycles. The number of hydrogen-bond acceptors (Lipinski definition) is 3. The number of carbonyl (C=O) groups excluding carboxylic acids is 2. The van der Waals surface area contributed by atoms with Crippen LogP contribution in [0.1, 0.15) is 72.1 Å². The molecular formula is C21H32O3. The van der Waals surface area contributed by atoms with Gasteiger partial charge in [-0.25, -0.2) is 0 Å². The van der Waals surface area contributed by atoms with E-state index in [0.29, 0.717) is 11.7 Å². The Kier molecular flexibility index (Phi) is 4.04. The van der Waals surface area contributed by atoms with E-state index in [2.05, 4.69) is 13.8 Å². The molecule has 0 spiro atoms. The highest BCUT2D eigenvalue weighted by Gasteiger charge is 2.58. The zero-order valence-electron chi connectivity index (χ0n) is 15.4. The van der Waals surface area contributed by atoms with E-state index in [1.165, 1.54) is 32.1 Å². The van der Waals surface area contributed by atoms with E-state index in [-0.39, 0.29) is 23.4 Å². The van der Waals surface area contributed by atoms with Crippen molar-refractivity contribution in [3.63, 3.8) is 0 Å². The van der Waals surface area contributed by atoms with Gasteiger partial charge in [0.1, 0.15) is 11.9 Å². The summed E-state index contributed by atoms with van der Waals surface area (Å²) >= 11 is 0. The van der Waals surface area contributed by atoms with Crippen LogP contribution in [0.4, 0.5) is 0 Å². The lowest BCUT2D eigenvalue weighted by atomic mass is 9.50. The van der Waals surface area contributed by atoms with Crippen molar-refractivity contribution in [3.05, 3.63) is 0 Å². The molecule has 0 radical (unpaired) electrons. The second-order valence-corrected chi connectivity index (χ2v) is 9.46. The third-order valence-electron chi connectivity index (χ3n) is 8.38. The van der Waals surface area contributed by atoms with E-state index in [4.69, 9.17) is 4.74 Å². The number of carbonyl (C=O) groups is 2. The SMILES string of the molecule is CC(=O)OC1CC[C@H]2[C@@H]3CCC4CC(=O)C(C)C[C@@H]4[C@H]3CC[C@]12C. The second kappa shape index (κ2) is 5.85. The van der Waals surface area contributed by atoms with Crippen LogP contribution in [0.3, 0.4) is 0 Å². The van der Waals surface area contributed by atoms with Gasteiger partial charge in [0.15, 0.2) is 0 Å². The number of hydrogen-bond donors (Lipinski definition) is 0. The zero-order chi connectivity index (χ0) is 17.1. The molecule has 0 aromatic rings. The molecule has 3 heteroatoms. The maximum atomic E-state index is 12.1. The summed E-state index contributed by atoms with van der Waals surface area (Å²) in [6, 6.07) is 0. The predicted molar refractivity (Wildman–Crippen MR) is 92.2 cm³/mol. The molecule has 4 fully saturated rings. The van der Waals surface area contributed by atoms with E-state index in [0.717, 1.165) is 42.9 Å². The van der Waals surface area contributed by atoms with Gasteiger partial charge < -0.3 is 4.74 Å². The summed E-state index contributed by atoms with van der Waals surface area (Å²) < 4.78 is 5.72. The fourth-order valence-corrected chi connectivity index (χ4v) is 7.20. The molecule has 0 heterocycles. The summed E-state index contributed by atoms with van der Waals surface area (Å²) in [6.45, 7) is 6.07. The fraction of sp³-hybridized carbons (Fsp3) is 0.905. The number of rotatable bonds is 1. The molecule has 0 saturated heterocycles. The standard InChI is InChI=1S/C21H32O3/c1-12-10-17-14(11-19(12)23)4-5-16-15(17)8-9-21(3)18(16)6-7-20(21)24-13(2)22/h12,14-18,20H,4-11H2,1-3H3/t12?,14?,15-,16+,17-,18-,20?,21-/m0/s1. The number of esters is 1. The van der Waals surface area contributed by atoms with Crippen LogP contribution in [-0.2, 0) is 14.3 Å². The van der Waals surface area contributed by atoms with Crippen molar-refractivity contribution in [3.8, 4) is 0 Å². The molecule has 3 unspecified atom stereocenters. The van der Waals surface area contributed by atoms with Crippen LogP contribution in [0, 0.1) is 40.9 Å². The Morgan fingerprint density at radius 3 is 2.62 bits per heavy atom. The first kappa shape index (κ1) is 16.6. The lowest BCUT2D eigenvalue weighted by molar-refractivity contribution is -0.157. The number of fused-ring (bicyclic) bond motifs is 5. The maximum Gasteiger partial charge on any atom is 0.302 e. The van der Waals surface area contributed by atoms with Crippen LogP contribution in [0.5, 0.6) is 0 Å². The van der Waals surface area contributed by atoms with Gasteiger partial charge in [0, 0.05) is 24.7 Å². The Labute approximate surface area is 145 Å². The quantitative estimate of drug-likeness (QED) is 0.669. The smallest absolute Gasteiger partial charge is 0.302 e. The van der Waals surface area contributed by atoms with Gasteiger partial charge in [-0.2, -0.15) is 0 Å². The second-order valence-electron chi connectivity index (χ2n) is 9.46. The monoisotopic (exact) mass is 332 g/mol. The van der Waals surface area contributed by atoms with Crippen molar-refractivity contribution in [1.82, 2.24) is 0 Å². The predicted octanol–water partition coefficient (Wildman–Crippen LogP) is 4.39. The molecule has 24 heavy (non-hydrogen) atoms. The lowest BCUT2D eigenvalue weighted by Gasteiger charge is -2.55. The molecule has 0 aromatic carbocycles. The average molecular weight is 332 g/mol. The highest BCUT2D eigenvalue weighted by Crippen LogP contribution is 2.63. The van der Waals surface area contributed by atoms with Crippen molar-refractivity contribution in [2.45, 2.75) is 78.2 Å². The maximum absolute atomic E-state index is 12.1. The molecule has 4 saturated carbocycles. The van der Waals surface area contributed by atoms with Crippen LogP contribution in [-0.4, -0.2) is 17.9 Å². The molecule has 4 rings (SSSR count). The topological polar surface area (TPSA) is 43.4 Å². The molecule has 0 aromatic heterocycles. The summed E-state index contributed by atoms with van der Waals surface area (Å²) in [4.78, 5) is 23.6. The Hall–Kier alpha value is -0.860. The third-order valence-corrected chi connectivity index (χ3v) is 8.38. The van der Waals surface area contributed by atoms with E-state index in [1.54, 1.807) is 6.92 Å². The molecule has 0 N–H and O–H groups in total. The Morgan fingerprint density at radius 2 is 1.88 bits per heavy atom. The summed E-state index contributed by atoms with van der Waals surface area (Å²) in [6.07, 6.45) is 9.38. The van der Waals surface area contributed by atoms with Crippen molar-refractivity contribution < 1.29 is 14.3 Å². The number of ether oxygens (including phenoxy) is 1. The molecule has 134 valence electrons. The first-order valence-corrected chi connectivity index (χ1v) is 10.1. The number of Topliss-reactive ketones (excluding diaryl/α,β-unsaturated/α-hetero) is 1. The van der Waals surface area contributed by atoms with Crippen LogP contribution in [0.15, 0.2) is 0 Å². The van der Waals surface area contributed by atoms with Gasteiger partial charge in [-0.1, -0.05) is 13.8 Å². The molecule has 0 amide bonds. The van der Waals surface area contributed by atoms with Crippen molar-refractivity contribution in [2.24, 2.45) is 40.9 Å². The van der Waals surface area contributed by atoms with E-state index < -0.39 is 0 Å². The van der Waals surface area contributed by atoms with Crippen molar-refractivity contribution >= 4 is 11.8 Å². The minimum atomic E-state index is -0.118. The molecule has 4 aliphatic carbocycles. The van der Waals surface area contributed by atoms with Gasteiger partial charge in [0.25, 0.3) is 0 Å². The summed E-state index contributed by atoms with van der Waals surface area (Å²) in [5.41, 5.74) is 0.190. The first-order chi connectivity index (χ1) is 11.4. The Bertz CT molecular complexity index is 541. The fourth-order valence-electron chi connectivity index (χ4n) is 7.20. The number of ketones is 1. The Balaban J connectivity index is 1.54. The van der Waals surface area contributed by atoms with Crippen LogP contribution in [0.2, 0.25) is 0 Å². The van der Waals surface area contributed by atoms with E-state index in [9.17, 15) is 9.59 Å². The summed E-state index contributed by atoms with van der Waals surface area (Å²) in [5.74, 6) is 4.42. The van der Waals surface area contributed by atoms with Crippen LogP contribution >= 0.6 is 0 Å². The molecule has 0 bridgehead atoms. The van der Waals surface area contributed by atoms with Gasteiger partial charge in [0.05, 0.1) is 0 Å². The average Bonchev–Trinajstić information content (AvgIpc) is 2.85. The van der Waals surface area contributed by atoms with Gasteiger partial charge in [-0.15, -0.1) is 0 Å². The lowest BCUT2D eigenvalue weighted by Crippen LogP contribution is -2.50. The zero-order valence-corrected chi connectivity index (χ0v) is 15.4. The van der Waals surface area contributed by atoms with Gasteiger partial charge in [0.2, 0.25) is 0 Å². The highest BCUT2D eigenvalue weighted by molar-refractivity contribution is 5.81. The van der Waals surface area contributed by atoms with E-state index >= 15 is 0 Å².